The zero-order valence-electron chi connectivity index (χ0n) is 8.04. The number of hydrogen-bond acceptors (Lipinski definition) is 5. The summed E-state index contributed by atoms with van der Waals surface area (Å²) in [5.41, 5.74) is -1.23. The Hall–Kier alpha value is -1.10. The molecular formula is C9H13NO4. The third kappa shape index (κ3) is 0.877. The van der Waals surface area contributed by atoms with Crippen LogP contribution in [0.25, 0.3) is 0 Å². The van der Waals surface area contributed by atoms with Gasteiger partial charge in [-0.2, -0.15) is 5.90 Å². The molecular weight excluding hydrogens is 186 g/mol. The summed E-state index contributed by atoms with van der Waals surface area (Å²) in [5.74, 6) is 4.07. The van der Waals surface area contributed by atoms with E-state index in [0.717, 1.165) is 12.8 Å². The highest BCUT2D eigenvalue weighted by Crippen LogP contribution is 2.66. The molecule has 0 bridgehead atoms. The second-order valence-electron chi connectivity index (χ2n) is 4.08. The number of carbonyl (C=O) groups is 2. The van der Waals surface area contributed by atoms with Crippen molar-refractivity contribution in [1.29, 1.82) is 0 Å². The van der Waals surface area contributed by atoms with Crippen LogP contribution in [-0.4, -0.2) is 17.5 Å². The van der Waals surface area contributed by atoms with E-state index in [2.05, 4.69) is 4.84 Å². The summed E-state index contributed by atoms with van der Waals surface area (Å²) >= 11 is 0. The van der Waals surface area contributed by atoms with Crippen molar-refractivity contribution >= 4 is 11.9 Å². The van der Waals surface area contributed by atoms with E-state index in [-0.39, 0.29) is 5.97 Å². The summed E-state index contributed by atoms with van der Waals surface area (Å²) in [6, 6.07) is 0. The summed E-state index contributed by atoms with van der Waals surface area (Å²) < 4.78 is 5.20. The summed E-state index contributed by atoms with van der Waals surface area (Å²) in [5, 5.41) is 0. The lowest BCUT2D eigenvalue weighted by molar-refractivity contribution is -0.262. The van der Waals surface area contributed by atoms with Crippen LogP contribution >= 0.6 is 0 Å². The monoisotopic (exact) mass is 199 g/mol. The molecule has 2 fully saturated rings. The molecule has 0 radical (unpaired) electrons. The number of esters is 1. The number of nitrogens with two attached hydrogens (primary N) is 1. The molecule has 2 aliphatic rings. The van der Waals surface area contributed by atoms with Crippen molar-refractivity contribution in [3.8, 4) is 0 Å². The van der Waals surface area contributed by atoms with Crippen LogP contribution in [0, 0.1) is 5.41 Å². The molecule has 0 saturated heterocycles. The minimum absolute atomic E-state index is 0.349. The molecule has 0 spiro atoms. The maximum atomic E-state index is 11.4. The molecule has 2 rings (SSSR count). The fourth-order valence-corrected chi connectivity index (χ4v) is 2.64. The Labute approximate surface area is 81.5 Å². The van der Waals surface area contributed by atoms with E-state index in [9.17, 15) is 9.59 Å². The van der Waals surface area contributed by atoms with Gasteiger partial charge in [-0.05, 0) is 25.7 Å². The number of carbonyl (C=O) groups excluding carboxylic acids is 2. The molecule has 0 aromatic heterocycles. The summed E-state index contributed by atoms with van der Waals surface area (Å²) in [6.45, 7) is 1.35. The van der Waals surface area contributed by atoms with E-state index >= 15 is 0 Å². The fourth-order valence-electron chi connectivity index (χ4n) is 2.64. The minimum Gasteiger partial charge on any atom is -0.458 e. The topological polar surface area (TPSA) is 78.6 Å². The lowest BCUT2D eigenvalue weighted by Gasteiger charge is -2.63. The van der Waals surface area contributed by atoms with Gasteiger partial charge in [0.1, 0.15) is 11.0 Å². The molecule has 0 aromatic carbocycles. The first kappa shape index (κ1) is 9.45. The Morgan fingerprint density at radius 2 is 1.79 bits per heavy atom. The Bertz CT molecular complexity index is 291. The molecule has 0 aromatic rings. The van der Waals surface area contributed by atoms with Crippen LogP contribution in [0.3, 0.4) is 0 Å². The van der Waals surface area contributed by atoms with Crippen molar-refractivity contribution in [3.63, 3.8) is 0 Å². The molecule has 0 unspecified atom stereocenters. The Kier molecular flexibility index (Phi) is 1.82. The van der Waals surface area contributed by atoms with Crippen molar-refractivity contribution < 1.29 is 19.2 Å². The largest absolute Gasteiger partial charge is 0.458 e. The van der Waals surface area contributed by atoms with Crippen LogP contribution in [0.2, 0.25) is 0 Å². The van der Waals surface area contributed by atoms with E-state index in [0.29, 0.717) is 12.8 Å². The lowest BCUT2D eigenvalue weighted by atomic mass is 9.44. The Balaban J connectivity index is 2.16. The Morgan fingerprint density at radius 1 is 1.21 bits per heavy atom. The van der Waals surface area contributed by atoms with Gasteiger partial charge in [0.25, 0.3) is 0 Å². The first-order chi connectivity index (χ1) is 6.56. The lowest BCUT2D eigenvalue weighted by Crippen LogP contribution is -2.71. The van der Waals surface area contributed by atoms with Gasteiger partial charge in [-0.15, -0.1) is 0 Å². The quantitative estimate of drug-likeness (QED) is 0.510. The first-order valence-corrected chi connectivity index (χ1v) is 4.67. The van der Waals surface area contributed by atoms with Gasteiger partial charge in [-0.3, -0.25) is 4.79 Å². The van der Waals surface area contributed by atoms with E-state index in [1.54, 1.807) is 0 Å². The van der Waals surface area contributed by atoms with Crippen LogP contribution in [0.15, 0.2) is 0 Å². The summed E-state index contributed by atoms with van der Waals surface area (Å²) in [4.78, 5) is 26.6. The van der Waals surface area contributed by atoms with E-state index in [1.165, 1.54) is 6.92 Å². The van der Waals surface area contributed by atoms with E-state index in [4.69, 9.17) is 10.6 Å². The maximum absolute atomic E-state index is 11.4. The molecule has 5 nitrogen and oxygen atoms in total. The molecule has 0 amide bonds. The molecule has 14 heavy (non-hydrogen) atoms. The normalized spacial score (nSPS) is 38.7. The van der Waals surface area contributed by atoms with Gasteiger partial charge in [0.2, 0.25) is 0 Å². The van der Waals surface area contributed by atoms with Crippen LogP contribution in [0.4, 0.5) is 0 Å². The third-order valence-corrected chi connectivity index (χ3v) is 3.62. The number of hydrogen-bond donors (Lipinski definition) is 1. The predicted molar refractivity (Wildman–Crippen MR) is 45.7 cm³/mol. The molecule has 2 aliphatic carbocycles. The van der Waals surface area contributed by atoms with Gasteiger partial charge in [0.15, 0.2) is 0 Å². The standard InChI is InChI=1S/C9H13NO4/c1-6(11)13-9-4-2-8(9,3-5-9)7(12)14-10/h2-5,10H2,1H3. The van der Waals surface area contributed by atoms with Crippen LogP contribution in [0.5, 0.6) is 0 Å². The zero-order chi connectivity index (χ0) is 10.4. The van der Waals surface area contributed by atoms with E-state index in [1.807, 2.05) is 0 Å². The van der Waals surface area contributed by atoms with Crippen molar-refractivity contribution in [3.05, 3.63) is 0 Å². The van der Waals surface area contributed by atoms with Gasteiger partial charge in [0, 0.05) is 6.92 Å². The second-order valence-corrected chi connectivity index (χ2v) is 4.08. The highest BCUT2D eigenvalue weighted by molar-refractivity contribution is 5.82. The van der Waals surface area contributed by atoms with Crippen molar-refractivity contribution in [1.82, 2.24) is 0 Å². The van der Waals surface area contributed by atoms with Gasteiger partial charge in [-0.1, -0.05) is 0 Å². The van der Waals surface area contributed by atoms with Gasteiger partial charge in [0.05, 0.1) is 0 Å². The minimum atomic E-state index is -0.632. The molecule has 2 saturated carbocycles. The van der Waals surface area contributed by atoms with Gasteiger partial charge in [-0.25, -0.2) is 4.79 Å². The maximum Gasteiger partial charge on any atom is 0.334 e. The highest BCUT2D eigenvalue weighted by Gasteiger charge is 2.73. The van der Waals surface area contributed by atoms with Crippen LogP contribution in [0.1, 0.15) is 32.6 Å². The summed E-state index contributed by atoms with van der Waals surface area (Å²) in [6.07, 6.45) is 2.88. The number of rotatable bonds is 2. The van der Waals surface area contributed by atoms with Crippen LogP contribution in [-0.2, 0) is 19.2 Å². The van der Waals surface area contributed by atoms with Gasteiger partial charge < -0.3 is 9.57 Å². The highest BCUT2D eigenvalue weighted by atomic mass is 16.7. The smallest absolute Gasteiger partial charge is 0.334 e. The average molecular weight is 199 g/mol. The third-order valence-electron chi connectivity index (χ3n) is 3.62. The van der Waals surface area contributed by atoms with E-state index < -0.39 is 17.0 Å². The molecule has 78 valence electrons. The van der Waals surface area contributed by atoms with Crippen molar-refractivity contribution in [2.45, 2.75) is 38.2 Å². The second kappa shape index (κ2) is 2.70. The molecule has 0 atom stereocenters. The predicted octanol–water partition coefficient (Wildman–Crippen LogP) is 0.279. The first-order valence-electron chi connectivity index (χ1n) is 4.67. The van der Waals surface area contributed by atoms with Gasteiger partial charge >= 0.3 is 11.9 Å². The molecule has 2 N–H and O–H groups in total. The average Bonchev–Trinajstić information content (AvgIpc) is 2.14. The zero-order valence-corrected chi connectivity index (χ0v) is 8.04. The van der Waals surface area contributed by atoms with Crippen molar-refractivity contribution in [2.24, 2.45) is 11.3 Å². The SMILES string of the molecule is CC(=O)OC12CCC1(C(=O)ON)CC2. The van der Waals surface area contributed by atoms with Crippen LogP contribution < -0.4 is 5.90 Å². The van der Waals surface area contributed by atoms with Crippen molar-refractivity contribution in [2.75, 3.05) is 0 Å². The molecule has 0 heterocycles. The number of ether oxygens (including phenoxy) is 1. The number of fused-ring (bicyclic) bond motifs is 1. The Morgan fingerprint density at radius 3 is 2.07 bits per heavy atom. The fraction of sp³-hybridized carbons (Fsp3) is 0.778. The molecule has 5 heteroatoms. The molecule has 0 aliphatic heterocycles. The summed E-state index contributed by atoms with van der Waals surface area (Å²) in [7, 11) is 0.